The van der Waals surface area contributed by atoms with Gasteiger partial charge in [0.05, 0.1) is 59.5 Å². The summed E-state index contributed by atoms with van der Waals surface area (Å²) in [4.78, 5) is 22.7. The van der Waals surface area contributed by atoms with Crippen molar-refractivity contribution >= 4 is 11.8 Å². The van der Waals surface area contributed by atoms with Crippen LogP contribution in [0.4, 0.5) is 0 Å². The zero-order valence-corrected chi connectivity index (χ0v) is 18.5. The summed E-state index contributed by atoms with van der Waals surface area (Å²) < 4.78 is 26.7. The van der Waals surface area contributed by atoms with Crippen molar-refractivity contribution in [1.29, 1.82) is 0 Å². The summed E-state index contributed by atoms with van der Waals surface area (Å²) in [6.07, 6.45) is 0. The Labute approximate surface area is 178 Å². The molecule has 0 aromatic rings. The van der Waals surface area contributed by atoms with Crippen LogP contribution in [0.2, 0.25) is 0 Å². The third kappa shape index (κ3) is 21.3. The van der Waals surface area contributed by atoms with Gasteiger partial charge in [-0.15, -0.1) is 0 Å². The molecule has 9 nitrogen and oxygen atoms in total. The molecule has 2 N–H and O–H groups in total. The average molecular weight is 425 g/mol. The molecule has 0 spiro atoms. The molecule has 9 heteroatoms. The molecule has 29 heavy (non-hydrogen) atoms. The SMILES string of the molecule is CC(C)CNC(=O)COCCOCCOCCOCCOCCNC(=O)C(C)C.[HH].[HH]. The molecule has 0 unspecified atom stereocenters. The number of nitrogens with one attached hydrogen (secondary N) is 2. The van der Waals surface area contributed by atoms with E-state index in [0.29, 0.717) is 78.5 Å². The Morgan fingerprint density at radius 3 is 1.59 bits per heavy atom. The molecule has 0 aromatic heterocycles. The number of hydrogen-bond donors (Lipinski definition) is 2. The lowest BCUT2D eigenvalue weighted by molar-refractivity contribution is -0.126. The van der Waals surface area contributed by atoms with E-state index < -0.39 is 0 Å². The number of ether oxygens (including phenoxy) is 5. The molecule has 0 heterocycles. The number of carbonyl (C=O) groups excluding carboxylic acids is 2. The molecule has 0 fully saturated rings. The molecule has 0 saturated heterocycles. The normalized spacial score (nSPS) is 11.2. The van der Waals surface area contributed by atoms with Crippen LogP contribution in [0.15, 0.2) is 0 Å². The van der Waals surface area contributed by atoms with Crippen molar-refractivity contribution in [3.8, 4) is 0 Å². The molecule has 0 aliphatic heterocycles. The highest BCUT2D eigenvalue weighted by Crippen LogP contribution is 1.90. The summed E-state index contributed by atoms with van der Waals surface area (Å²) >= 11 is 0. The van der Waals surface area contributed by atoms with Crippen molar-refractivity contribution < 1.29 is 36.1 Å². The molecular weight excluding hydrogens is 380 g/mol. The Morgan fingerprint density at radius 2 is 1.14 bits per heavy atom. The topological polar surface area (TPSA) is 104 Å². The second-order valence-corrected chi connectivity index (χ2v) is 7.15. The van der Waals surface area contributed by atoms with Gasteiger partial charge in [-0.3, -0.25) is 9.59 Å². The van der Waals surface area contributed by atoms with Crippen molar-refractivity contribution in [2.24, 2.45) is 11.8 Å². The van der Waals surface area contributed by atoms with Crippen molar-refractivity contribution in [3.05, 3.63) is 0 Å². The highest BCUT2D eigenvalue weighted by Gasteiger charge is 2.04. The van der Waals surface area contributed by atoms with E-state index in [-0.39, 0.29) is 27.2 Å². The van der Waals surface area contributed by atoms with Crippen LogP contribution in [0, 0.1) is 11.8 Å². The number of rotatable bonds is 20. The summed E-state index contributed by atoms with van der Waals surface area (Å²) in [5.41, 5.74) is 0. The Hall–Kier alpha value is -1.26. The van der Waals surface area contributed by atoms with Gasteiger partial charge in [-0.05, 0) is 5.92 Å². The second-order valence-electron chi connectivity index (χ2n) is 7.15. The maximum Gasteiger partial charge on any atom is 0.246 e. The Bertz CT molecular complexity index is 417. The largest absolute Gasteiger partial charge is 0.377 e. The smallest absolute Gasteiger partial charge is 0.246 e. The quantitative estimate of drug-likeness (QED) is 0.282. The van der Waals surface area contributed by atoms with Gasteiger partial charge in [-0.1, -0.05) is 27.7 Å². The minimum absolute atomic E-state index is 0. The first-order chi connectivity index (χ1) is 13.9. The van der Waals surface area contributed by atoms with Gasteiger partial charge >= 0.3 is 0 Å². The van der Waals surface area contributed by atoms with Gasteiger partial charge in [0.1, 0.15) is 6.61 Å². The summed E-state index contributed by atoms with van der Waals surface area (Å²) in [7, 11) is 0. The fourth-order valence-electron chi connectivity index (χ4n) is 1.86. The Kier molecular flexibility index (Phi) is 19.2. The number of carbonyl (C=O) groups is 2. The van der Waals surface area contributed by atoms with Crippen LogP contribution in [0.1, 0.15) is 30.5 Å². The predicted octanol–water partition coefficient (Wildman–Crippen LogP) is 1.11. The van der Waals surface area contributed by atoms with Gasteiger partial charge in [-0.25, -0.2) is 0 Å². The van der Waals surface area contributed by atoms with E-state index >= 15 is 0 Å². The number of hydrogen-bond acceptors (Lipinski definition) is 7. The third-order valence-corrected chi connectivity index (χ3v) is 3.50. The first-order valence-electron chi connectivity index (χ1n) is 10.4. The lowest BCUT2D eigenvalue weighted by Gasteiger charge is -2.09. The van der Waals surface area contributed by atoms with E-state index in [1.807, 2.05) is 27.7 Å². The van der Waals surface area contributed by atoms with Crippen LogP contribution in [0.3, 0.4) is 0 Å². The van der Waals surface area contributed by atoms with E-state index in [4.69, 9.17) is 23.7 Å². The minimum Gasteiger partial charge on any atom is -0.377 e. The molecule has 176 valence electrons. The molecule has 2 amide bonds. The van der Waals surface area contributed by atoms with Crippen LogP contribution in [0.25, 0.3) is 0 Å². The monoisotopic (exact) mass is 424 g/mol. The van der Waals surface area contributed by atoms with Gasteiger partial charge in [0.15, 0.2) is 0 Å². The predicted molar refractivity (Wildman–Crippen MR) is 114 cm³/mol. The highest BCUT2D eigenvalue weighted by atomic mass is 16.6. The summed E-state index contributed by atoms with van der Waals surface area (Å²) in [5, 5.41) is 5.56. The molecule has 0 rings (SSSR count). The zero-order chi connectivity index (χ0) is 21.7. The van der Waals surface area contributed by atoms with E-state index in [1.54, 1.807) is 0 Å². The summed E-state index contributed by atoms with van der Waals surface area (Å²) in [5.74, 6) is 0.342. The lowest BCUT2D eigenvalue weighted by Crippen LogP contribution is -2.31. The van der Waals surface area contributed by atoms with Gasteiger partial charge in [0.2, 0.25) is 11.8 Å². The fraction of sp³-hybridized carbons (Fsp3) is 0.900. The molecular formula is C20H44N2O7. The van der Waals surface area contributed by atoms with Crippen molar-refractivity contribution in [2.45, 2.75) is 27.7 Å². The van der Waals surface area contributed by atoms with E-state index in [1.165, 1.54) is 0 Å². The van der Waals surface area contributed by atoms with Gasteiger partial charge in [-0.2, -0.15) is 0 Å². The Morgan fingerprint density at radius 1 is 0.690 bits per heavy atom. The van der Waals surface area contributed by atoms with Crippen molar-refractivity contribution in [1.82, 2.24) is 10.6 Å². The van der Waals surface area contributed by atoms with Crippen LogP contribution in [-0.2, 0) is 33.3 Å². The lowest BCUT2D eigenvalue weighted by atomic mass is 10.2. The van der Waals surface area contributed by atoms with Crippen LogP contribution >= 0.6 is 0 Å². The maximum atomic E-state index is 11.4. The van der Waals surface area contributed by atoms with Crippen LogP contribution in [0.5, 0.6) is 0 Å². The first kappa shape index (κ1) is 27.7. The highest BCUT2D eigenvalue weighted by molar-refractivity contribution is 5.77. The van der Waals surface area contributed by atoms with E-state index in [0.717, 1.165) is 0 Å². The third-order valence-electron chi connectivity index (χ3n) is 3.50. The van der Waals surface area contributed by atoms with Crippen molar-refractivity contribution in [2.75, 3.05) is 79.2 Å². The fourth-order valence-corrected chi connectivity index (χ4v) is 1.86. The van der Waals surface area contributed by atoms with Gasteiger partial charge in [0, 0.05) is 21.9 Å². The second kappa shape index (κ2) is 20.0. The van der Waals surface area contributed by atoms with Crippen molar-refractivity contribution in [3.63, 3.8) is 0 Å². The minimum atomic E-state index is -0.106. The standard InChI is InChI=1S/C20H40N2O7.2H2/c1-17(2)15-22-19(23)16-29-14-13-28-12-11-27-10-9-26-8-7-25-6-5-21-20(24)18(3)4;;/h17-18H,5-16H2,1-4H3,(H,21,24)(H,22,23);2*1H. The molecule has 0 saturated carbocycles. The molecule has 0 aromatic carbocycles. The molecule has 0 radical (unpaired) electrons. The number of amides is 2. The molecule has 0 atom stereocenters. The van der Waals surface area contributed by atoms with Crippen LogP contribution < -0.4 is 10.6 Å². The average Bonchev–Trinajstić information content (AvgIpc) is 2.68. The molecule has 0 bridgehead atoms. The van der Waals surface area contributed by atoms with E-state index in [9.17, 15) is 9.59 Å². The first-order valence-corrected chi connectivity index (χ1v) is 10.4. The van der Waals surface area contributed by atoms with Crippen LogP contribution in [-0.4, -0.2) is 91.0 Å². The molecule has 0 aliphatic rings. The molecule has 0 aliphatic carbocycles. The summed E-state index contributed by atoms with van der Waals surface area (Å²) in [6, 6.07) is 0. The van der Waals surface area contributed by atoms with Gasteiger partial charge in [0.25, 0.3) is 0 Å². The Balaban J connectivity index is -0.00000392. The van der Waals surface area contributed by atoms with E-state index in [2.05, 4.69) is 10.6 Å². The maximum absolute atomic E-state index is 11.4. The summed E-state index contributed by atoms with van der Waals surface area (Å²) in [6.45, 7) is 13.2. The van der Waals surface area contributed by atoms with Gasteiger partial charge < -0.3 is 34.3 Å². The zero-order valence-electron chi connectivity index (χ0n) is 18.5.